The van der Waals surface area contributed by atoms with Crippen molar-refractivity contribution in [2.45, 2.75) is 19.1 Å². The van der Waals surface area contributed by atoms with Crippen molar-refractivity contribution in [3.63, 3.8) is 0 Å². The van der Waals surface area contributed by atoms with Crippen LogP contribution in [0, 0.1) is 0 Å². The molecule has 1 amide bonds. The number of fused-ring (bicyclic) bond motifs is 1. The molecule has 1 aliphatic heterocycles. The van der Waals surface area contributed by atoms with Crippen LogP contribution in [0.25, 0.3) is 0 Å². The molecule has 0 saturated heterocycles. The third-order valence-electron chi connectivity index (χ3n) is 3.79. The van der Waals surface area contributed by atoms with E-state index in [0.29, 0.717) is 13.1 Å². The van der Waals surface area contributed by atoms with E-state index in [1.807, 2.05) is 24.3 Å². The predicted octanol–water partition coefficient (Wildman–Crippen LogP) is 1.29. The smallest absolute Gasteiger partial charge is 0.244 e. The molecule has 1 aliphatic rings. The molecule has 1 N–H and O–H groups in total. The number of hydrogen-bond acceptors (Lipinski definition) is 5. The summed E-state index contributed by atoms with van der Waals surface area (Å²) < 4.78 is 5.21. The van der Waals surface area contributed by atoms with Crippen LogP contribution in [0.15, 0.2) is 36.8 Å². The first-order valence-corrected chi connectivity index (χ1v) is 7.09. The number of nitrogens with zero attached hydrogens (tertiary/aromatic N) is 3. The molecule has 0 bridgehead atoms. The maximum absolute atomic E-state index is 12.6. The summed E-state index contributed by atoms with van der Waals surface area (Å²) in [6.45, 7) is 1.12. The second-order valence-corrected chi connectivity index (χ2v) is 5.28. The molecule has 3 rings (SSSR count). The average molecular weight is 298 g/mol. The Kier molecular flexibility index (Phi) is 4.02. The molecule has 0 aliphatic carbocycles. The van der Waals surface area contributed by atoms with Gasteiger partial charge in [-0.1, -0.05) is 12.1 Å². The number of benzene rings is 1. The van der Waals surface area contributed by atoms with E-state index in [0.717, 1.165) is 22.6 Å². The molecule has 114 valence electrons. The van der Waals surface area contributed by atoms with E-state index in [-0.39, 0.29) is 11.9 Å². The lowest BCUT2D eigenvalue weighted by atomic mass is 10.1. The SMILES string of the molecule is COc1cccc(CN(C)C(=O)C2NCc3ncncc32)c1. The zero-order valence-electron chi connectivity index (χ0n) is 12.6. The van der Waals surface area contributed by atoms with Crippen LogP contribution in [0.3, 0.4) is 0 Å². The van der Waals surface area contributed by atoms with E-state index in [1.54, 1.807) is 25.3 Å². The Morgan fingerprint density at radius 2 is 2.36 bits per heavy atom. The van der Waals surface area contributed by atoms with E-state index in [1.165, 1.54) is 6.33 Å². The molecule has 0 fully saturated rings. The van der Waals surface area contributed by atoms with Crippen LogP contribution in [0.5, 0.6) is 5.75 Å². The first kappa shape index (κ1) is 14.5. The molecule has 1 atom stereocenters. The molecular formula is C16H18N4O2. The Labute approximate surface area is 129 Å². The van der Waals surface area contributed by atoms with Crippen LogP contribution in [-0.4, -0.2) is 34.9 Å². The van der Waals surface area contributed by atoms with Crippen LogP contribution < -0.4 is 10.1 Å². The summed E-state index contributed by atoms with van der Waals surface area (Å²) in [5, 5.41) is 3.19. The van der Waals surface area contributed by atoms with Crippen molar-refractivity contribution in [2.24, 2.45) is 0 Å². The summed E-state index contributed by atoms with van der Waals surface area (Å²) in [6, 6.07) is 7.35. The van der Waals surface area contributed by atoms with Crippen molar-refractivity contribution < 1.29 is 9.53 Å². The van der Waals surface area contributed by atoms with E-state index in [2.05, 4.69) is 15.3 Å². The van der Waals surface area contributed by atoms with E-state index in [9.17, 15) is 4.79 Å². The minimum atomic E-state index is -0.369. The van der Waals surface area contributed by atoms with Crippen molar-refractivity contribution in [2.75, 3.05) is 14.2 Å². The van der Waals surface area contributed by atoms with Gasteiger partial charge in [-0.15, -0.1) is 0 Å². The van der Waals surface area contributed by atoms with Gasteiger partial charge in [0.15, 0.2) is 0 Å². The van der Waals surface area contributed by atoms with Crippen LogP contribution in [0.2, 0.25) is 0 Å². The normalized spacial score (nSPS) is 16.2. The van der Waals surface area contributed by atoms with Crippen LogP contribution in [0.1, 0.15) is 22.9 Å². The van der Waals surface area contributed by atoms with Gasteiger partial charge in [0, 0.05) is 31.9 Å². The lowest BCUT2D eigenvalue weighted by molar-refractivity contribution is -0.132. The number of carbonyl (C=O) groups is 1. The summed E-state index contributed by atoms with van der Waals surface area (Å²) in [7, 11) is 3.43. The number of methoxy groups -OCH3 is 1. The number of ether oxygens (including phenoxy) is 1. The van der Waals surface area contributed by atoms with Crippen molar-refractivity contribution in [3.05, 3.63) is 53.6 Å². The highest BCUT2D eigenvalue weighted by atomic mass is 16.5. The first-order valence-electron chi connectivity index (χ1n) is 7.09. The molecule has 2 aromatic rings. The highest BCUT2D eigenvalue weighted by Crippen LogP contribution is 2.24. The lowest BCUT2D eigenvalue weighted by Crippen LogP contribution is -2.35. The number of amides is 1. The quantitative estimate of drug-likeness (QED) is 0.921. The summed E-state index contributed by atoms with van der Waals surface area (Å²) in [4.78, 5) is 22.6. The zero-order chi connectivity index (χ0) is 15.5. The number of rotatable bonds is 4. The summed E-state index contributed by atoms with van der Waals surface area (Å²) >= 11 is 0. The molecule has 22 heavy (non-hydrogen) atoms. The average Bonchev–Trinajstić information content (AvgIpc) is 2.98. The Bertz CT molecular complexity index is 689. The minimum absolute atomic E-state index is 0.0105. The summed E-state index contributed by atoms with van der Waals surface area (Å²) in [5.41, 5.74) is 2.78. The van der Waals surface area contributed by atoms with Crippen LogP contribution in [0.4, 0.5) is 0 Å². The monoisotopic (exact) mass is 298 g/mol. The minimum Gasteiger partial charge on any atom is -0.497 e. The molecular weight excluding hydrogens is 280 g/mol. The first-order chi connectivity index (χ1) is 10.7. The molecule has 6 heteroatoms. The molecule has 2 heterocycles. The zero-order valence-corrected chi connectivity index (χ0v) is 12.6. The topological polar surface area (TPSA) is 67.3 Å². The second-order valence-electron chi connectivity index (χ2n) is 5.28. The number of carbonyl (C=O) groups excluding carboxylic acids is 1. The van der Waals surface area contributed by atoms with Crippen LogP contribution >= 0.6 is 0 Å². The molecule has 1 aromatic carbocycles. The summed E-state index contributed by atoms with van der Waals surface area (Å²) in [6.07, 6.45) is 3.22. The molecule has 0 spiro atoms. The van der Waals surface area contributed by atoms with Gasteiger partial charge in [0.05, 0.1) is 12.8 Å². The fourth-order valence-corrected chi connectivity index (χ4v) is 2.63. The molecule has 0 saturated carbocycles. The van der Waals surface area contributed by atoms with Gasteiger partial charge < -0.3 is 9.64 Å². The summed E-state index contributed by atoms with van der Waals surface area (Å²) in [5.74, 6) is 0.799. The molecule has 1 unspecified atom stereocenters. The Morgan fingerprint density at radius 3 is 3.18 bits per heavy atom. The maximum atomic E-state index is 12.6. The number of likely N-dealkylation sites (N-methyl/N-ethyl adjacent to an activating group) is 1. The van der Waals surface area contributed by atoms with Crippen molar-refractivity contribution in [1.29, 1.82) is 0 Å². The fraction of sp³-hybridized carbons (Fsp3) is 0.312. The Balaban J connectivity index is 1.73. The molecule has 6 nitrogen and oxygen atoms in total. The van der Waals surface area contributed by atoms with Gasteiger partial charge in [0.25, 0.3) is 0 Å². The standard InChI is InChI=1S/C16H18N4O2/c1-20(9-11-4-3-5-12(6-11)22-2)16(21)15-13-7-17-10-19-14(13)8-18-15/h3-7,10,15,18H,8-9H2,1-2H3. The highest BCUT2D eigenvalue weighted by molar-refractivity contribution is 5.84. The largest absolute Gasteiger partial charge is 0.497 e. The van der Waals surface area contributed by atoms with Gasteiger partial charge in [-0.2, -0.15) is 0 Å². The Morgan fingerprint density at radius 1 is 1.50 bits per heavy atom. The van der Waals surface area contributed by atoms with Gasteiger partial charge in [-0.3, -0.25) is 10.1 Å². The van der Waals surface area contributed by atoms with Gasteiger partial charge in [0.1, 0.15) is 18.1 Å². The van der Waals surface area contributed by atoms with E-state index >= 15 is 0 Å². The van der Waals surface area contributed by atoms with Crippen molar-refractivity contribution in [1.82, 2.24) is 20.2 Å². The van der Waals surface area contributed by atoms with Crippen molar-refractivity contribution >= 4 is 5.91 Å². The van der Waals surface area contributed by atoms with Gasteiger partial charge in [-0.25, -0.2) is 9.97 Å². The number of hydrogen-bond donors (Lipinski definition) is 1. The van der Waals surface area contributed by atoms with E-state index in [4.69, 9.17) is 4.74 Å². The third-order valence-corrected chi connectivity index (χ3v) is 3.79. The Hall–Kier alpha value is -2.47. The predicted molar refractivity (Wildman–Crippen MR) is 81.1 cm³/mol. The number of nitrogens with one attached hydrogen (secondary N) is 1. The fourth-order valence-electron chi connectivity index (χ4n) is 2.63. The second kappa shape index (κ2) is 6.11. The third kappa shape index (κ3) is 2.78. The molecule has 1 aromatic heterocycles. The van der Waals surface area contributed by atoms with Gasteiger partial charge in [-0.05, 0) is 17.7 Å². The van der Waals surface area contributed by atoms with Gasteiger partial charge >= 0.3 is 0 Å². The van der Waals surface area contributed by atoms with Gasteiger partial charge in [0.2, 0.25) is 5.91 Å². The highest BCUT2D eigenvalue weighted by Gasteiger charge is 2.31. The van der Waals surface area contributed by atoms with E-state index < -0.39 is 0 Å². The maximum Gasteiger partial charge on any atom is 0.244 e. The van der Waals surface area contributed by atoms with Crippen LogP contribution in [-0.2, 0) is 17.9 Å². The van der Waals surface area contributed by atoms with Crippen molar-refractivity contribution in [3.8, 4) is 5.75 Å². The molecule has 0 radical (unpaired) electrons. The number of aromatic nitrogens is 2. The lowest BCUT2D eigenvalue weighted by Gasteiger charge is -2.22.